The van der Waals surface area contributed by atoms with Crippen LogP contribution in [0.15, 0.2) is 29.2 Å². The van der Waals surface area contributed by atoms with E-state index in [-0.39, 0.29) is 17.5 Å². The van der Waals surface area contributed by atoms with Crippen LogP contribution in [0.2, 0.25) is 0 Å². The van der Waals surface area contributed by atoms with Gasteiger partial charge in [-0.3, -0.25) is 0 Å². The molecule has 1 aromatic rings. The first kappa shape index (κ1) is 15.4. The molecule has 1 aliphatic rings. The number of benzene rings is 1. The lowest BCUT2D eigenvalue weighted by Gasteiger charge is -2.23. The molecule has 0 radical (unpaired) electrons. The van der Waals surface area contributed by atoms with E-state index < -0.39 is 10.0 Å². The highest BCUT2D eigenvalue weighted by molar-refractivity contribution is 7.99. The van der Waals surface area contributed by atoms with Gasteiger partial charge in [-0.2, -0.15) is 16.1 Å². The number of hydrogen-bond donors (Lipinski definition) is 1. The van der Waals surface area contributed by atoms with Crippen LogP contribution in [0.5, 0.6) is 0 Å². The lowest BCUT2D eigenvalue weighted by atomic mass is 10.2. The molecule has 0 saturated carbocycles. The van der Waals surface area contributed by atoms with Crippen molar-refractivity contribution in [2.75, 3.05) is 25.1 Å². The van der Waals surface area contributed by atoms with E-state index in [1.54, 1.807) is 43.1 Å². The highest BCUT2D eigenvalue weighted by Crippen LogP contribution is 2.27. The molecule has 1 saturated heterocycles. The summed E-state index contributed by atoms with van der Waals surface area (Å²) in [5, 5.41) is 0. The van der Waals surface area contributed by atoms with Crippen molar-refractivity contribution in [1.82, 2.24) is 4.31 Å². The summed E-state index contributed by atoms with van der Waals surface area (Å²) >= 11 is 1.79. The summed E-state index contributed by atoms with van der Waals surface area (Å²) in [7, 11) is -1.85. The Morgan fingerprint density at radius 2 is 2.20 bits per heavy atom. The van der Waals surface area contributed by atoms with Crippen LogP contribution in [0, 0.1) is 11.8 Å². The Bertz CT molecular complexity index is 626. The van der Waals surface area contributed by atoms with Crippen molar-refractivity contribution in [2.24, 2.45) is 5.73 Å². The minimum atomic E-state index is -3.51. The molecule has 20 heavy (non-hydrogen) atoms. The van der Waals surface area contributed by atoms with E-state index in [0.29, 0.717) is 5.56 Å². The van der Waals surface area contributed by atoms with E-state index in [9.17, 15) is 8.42 Å². The molecular formula is C14H18N2O2S2. The smallest absolute Gasteiger partial charge is 0.244 e. The van der Waals surface area contributed by atoms with Gasteiger partial charge in [0.15, 0.2) is 0 Å². The zero-order chi connectivity index (χ0) is 14.6. The van der Waals surface area contributed by atoms with E-state index in [0.717, 1.165) is 17.9 Å². The van der Waals surface area contributed by atoms with Crippen molar-refractivity contribution in [2.45, 2.75) is 17.4 Å². The Hall–Kier alpha value is -1.00. The van der Waals surface area contributed by atoms with Crippen LogP contribution in [0.1, 0.15) is 12.0 Å². The number of nitrogens with two attached hydrogens (primary N) is 1. The summed E-state index contributed by atoms with van der Waals surface area (Å²) in [6.45, 7) is 0.212. The fourth-order valence-electron chi connectivity index (χ4n) is 2.10. The van der Waals surface area contributed by atoms with Crippen LogP contribution in [-0.2, 0) is 10.0 Å². The number of sulfonamides is 1. The molecule has 4 nitrogen and oxygen atoms in total. The maximum atomic E-state index is 12.7. The highest BCUT2D eigenvalue weighted by Gasteiger charge is 2.31. The van der Waals surface area contributed by atoms with Gasteiger partial charge in [0.1, 0.15) is 0 Å². The fourth-order valence-corrected chi connectivity index (χ4v) is 4.99. The Morgan fingerprint density at radius 1 is 1.45 bits per heavy atom. The van der Waals surface area contributed by atoms with Crippen LogP contribution in [0.3, 0.4) is 0 Å². The molecular weight excluding hydrogens is 292 g/mol. The molecule has 1 aromatic carbocycles. The van der Waals surface area contributed by atoms with Gasteiger partial charge in [0, 0.05) is 24.4 Å². The molecule has 6 heteroatoms. The summed E-state index contributed by atoms with van der Waals surface area (Å²) in [5.41, 5.74) is 5.87. The van der Waals surface area contributed by atoms with E-state index in [4.69, 9.17) is 5.73 Å². The second-order valence-corrected chi connectivity index (χ2v) is 7.66. The number of thioether (sulfide) groups is 1. The van der Waals surface area contributed by atoms with Gasteiger partial charge in [0.2, 0.25) is 10.0 Å². The lowest BCUT2D eigenvalue weighted by Crippen LogP contribution is -2.37. The molecule has 0 aromatic heterocycles. The number of hydrogen-bond acceptors (Lipinski definition) is 4. The molecule has 0 amide bonds. The standard InChI is InChI=1S/C14H18N2O2S2/c1-16(13-8-10-19-11-13)20(17,18)14-7-3-2-5-12(14)6-4-9-15/h2-3,5,7,13H,8-11,15H2,1H3. The lowest BCUT2D eigenvalue weighted by molar-refractivity contribution is 0.394. The minimum absolute atomic E-state index is 0.0699. The first-order chi connectivity index (χ1) is 9.57. The molecule has 108 valence electrons. The number of nitrogens with zero attached hydrogens (tertiary/aromatic N) is 1. The van der Waals surface area contributed by atoms with Crippen molar-refractivity contribution in [3.8, 4) is 11.8 Å². The van der Waals surface area contributed by atoms with Crippen molar-refractivity contribution in [3.05, 3.63) is 29.8 Å². The first-order valence-electron chi connectivity index (χ1n) is 6.41. The summed E-state index contributed by atoms with van der Waals surface area (Å²) in [5.74, 6) is 7.42. The van der Waals surface area contributed by atoms with Crippen LogP contribution >= 0.6 is 11.8 Å². The van der Waals surface area contributed by atoms with Gasteiger partial charge in [0.05, 0.1) is 11.4 Å². The van der Waals surface area contributed by atoms with Gasteiger partial charge < -0.3 is 5.73 Å². The third-order valence-corrected chi connectivity index (χ3v) is 6.40. The van der Waals surface area contributed by atoms with Gasteiger partial charge in [-0.15, -0.1) is 0 Å². The molecule has 0 aliphatic carbocycles. The predicted molar refractivity (Wildman–Crippen MR) is 83.1 cm³/mol. The molecule has 1 aliphatic heterocycles. The molecule has 1 heterocycles. The second kappa shape index (κ2) is 6.64. The summed E-state index contributed by atoms with van der Waals surface area (Å²) in [6.07, 6.45) is 0.900. The van der Waals surface area contributed by atoms with Gasteiger partial charge in [-0.1, -0.05) is 24.0 Å². The first-order valence-corrected chi connectivity index (χ1v) is 9.00. The second-order valence-electron chi connectivity index (χ2n) is 4.54. The summed E-state index contributed by atoms with van der Waals surface area (Å²) in [4.78, 5) is 0.264. The highest BCUT2D eigenvalue weighted by atomic mass is 32.2. The Morgan fingerprint density at radius 3 is 2.85 bits per heavy atom. The normalized spacial score (nSPS) is 18.9. The van der Waals surface area contributed by atoms with Crippen LogP contribution in [-0.4, -0.2) is 43.9 Å². The Kier molecular flexibility index (Phi) is 5.11. The van der Waals surface area contributed by atoms with Gasteiger partial charge >= 0.3 is 0 Å². The molecule has 1 unspecified atom stereocenters. The van der Waals surface area contributed by atoms with Crippen LogP contribution in [0.25, 0.3) is 0 Å². The zero-order valence-corrected chi connectivity index (χ0v) is 13.0. The molecule has 1 atom stereocenters. The average Bonchev–Trinajstić information content (AvgIpc) is 2.98. The van der Waals surface area contributed by atoms with Crippen molar-refractivity contribution >= 4 is 21.8 Å². The van der Waals surface area contributed by atoms with E-state index in [1.807, 2.05) is 0 Å². The maximum absolute atomic E-state index is 12.7. The summed E-state index contributed by atoms with van der Waals surface area (Å²) in [6, 6.07) is 6.89. The van der Waals surface area contributed by atoms with Crippen molar-refractivity contribution in [1.29, 1.82) is 0 Å². The van der Waals surface area contributed by atoms with Crippen LogP contribution in [0.4, 0.5) is 0 Å². The quantitative estimate of drug-likeness (QED) is 0.850. The molecule has 1 fully saturated rings. The predicted octanol–water partition coefficient (Wildman–Crippen LogP) is 1.12. The fraction of sp³-hybridized carbons (Fsp3) is 0.429. The van der Waals surface area contributed by atoms with Crippen molar-refractivity contribution in [3.63, 3.8) is 0 Å². The monoisotopic (exact) mass is 310 g/mol. The van der Waals surface area contributed by atoms with E-state index in [1.165, 1.54) is 4.31 Å². The molecule has 2 rings (SSSR count). The third-order valence-electron chi connectivity index (χ3n) is 3.29. The largest absolute Gasteiger partial charge is 0.320 e. The van der Waals surface area contributed by atoms with Gasteiger partial charge in [-0.05, 0) is 24.3 Å². The van der Waals surface area contributed by atoms with Gasteiger partial charge in [-0.25, -0.2) is 8.42 Å². The molecule has 0 spiro atoms. The minimum Gasteiger partial charge on any atom is -0.320 e. The molecule has 2 N–H and O–H groups in total. The van der Waals surface area contributed by atoms with E-state index >= 15 is 0 Å². The Labute approximate surface area is 124 Å². The summed E-state index contributed by atoms with van der Waals surface area (Å²) < 4.78 is 26.9. The van der Waals surface area contributed by atoms with E-state index in [2.05, 4.69) is 11.8 Å². The molecule has 0 bridgehead atoms. The van der Waals surface area contributed by atoms with Gasteiger partial charge in [0.25, 0.3) is 0 Å². The topological polar surface area (TPSA) is 63.4 Å². The maximum Gasteiger partial charge on any atom is 0.244 e. The SMILES string of the molecule is CN(C1CCSC1)S(=O)(=O)c1ccccc1C#CCN. The zero-order valence-electron chi connectivity index (χ0n) is 11.4. The van der Waals surface area contributed by atoms with Crippen molar-refractivity contribution < 1.29 is 8.42 Å². The average molecular weight is 310 g/mol. The third kappa shape index (κ3) is 3.18. The Balaban J connectivity index is 2.38. The van der Waals surface area contributed by atoms with Crippen LogP contribution < -0.4 is 5.73 Å². The number of rotatable bonds is 3.